The van der Waals surface area contributed by atoms with Crippen LogP contribution >= 0.6 is 15.9 Å². The zero-order valence-corrected chi connectivity index (χ0v) is 14.5. The first-order valence-corrected chi connectivity index (χ1v) is 9.09. The number of rotatable bonds is 4. The van der Waals surface area contributed by atoms with Crippen molar-refractivity contribution in [1.29, 1.82) is 0 Å². The van der Waals surface area contributed by atoms with Crippen molar-refractivity contribution >= 4 is 15.9 Å². The zero-order valence-electron chi connectivity index (χ0n) is 13.0. The van der Waals surface area contributed by atoms with Crippen molar-refractivity contribution in [3.05, 3.63) is 27.7 Å². The molecule has 1 heterocycles. The fourth-order valence-electron chi connectivity index (χ4n) is 4.03. The number of benzene rings is 1. The summed E-state index contributed by atoms with van der Waals surface area (Å²) in [5.74, 6) is 2.05. The van der Waals surface area contributed by atoms with Gasteiger partial charge in [0.1, 0.15) is 5.75 Å². The molecule has 1 saturated carbocycles. The molecule has 1 aliphatic carbocycles. The van der Waals surface area contributed by atoms with Crippen molar-refractivity contribution in [2.45, 2.75) is 51.9 Å². The number of halogens is 1. The van der Waals surface area contributed by atoms with Crippen LogP contribution in [0.25, 0.3) is 0 Å². The highest BCUT2D eigenvalue weighted by Crippen LogP contribution is 2.44. The van der Waals surface area contributed by atoms with Gasteiger partial charge >= 0.3 is 0 Å². The van der Waals surface area contributed by atoms with Crippen LogP contribution in [-0.4, -0.2) is 13.2 Å². The van der Waals surface area contributed by atoms with Gasteiger partial charge in [0.05, 0.1) is 6.61 Å². The van der Waals surface area contributed by atoms with Crippen molar-refractivity contribution in [3.63, 3.8) is 0 Å². The lowest BCUT2D eigenvalue weighted by Gasteiger charge is -2.39. The van der Waals surface area contributed by atoms with E-state index in [9.17, 15) is 0 Å². The standard InChI is InChI=1S/C18H26BrNO/c1-2-13-3-6-18(12-20,7-4-13)11-15-10-16(19)9-14-5-8-21-17(14)15/h9-10,13H,2-8,11-12,20H2,1H3. The predicted octanol–water partition coefficient (Wildman–Crippen LogP) is 4.47. The molecular weight excluding hydrogens is 326 g/mol. The van der Waals surface area contributed by atoms with E-state index in [2.05, 4.69) is 35.0 Å². The van der Waals surface area contributed by atoms with Crippen molar-refractivity contribution < 1.29 is 4.74 Å². The summed E-state index contributed by atoms with van der Waals surface area (Å²) in [6.07, 6.45) is 8.63. The summed E-state index contributed by atoms with van der Waals surface area (Å²) >= 11 is 3.65. The highest BCUT2D eigenvalue weighted by molar-refractivity contribution is 9.10. The van der Waals surface area contributed by atoms with Crippen LogP contribution in [0.5, 0.6) is 5.75 Å². The molecule has 1 aliphatic heterocycles. The first-order valence-electron chi connectivity index (χ1n) is 8.30. The Morgan fingerprint density at radius 2 is 2.10 bits per heavy atom. The summed E-state index contributed by atoms with van der Waals surface area (Å²) in [4.78, 5) is 0. The quantitative estimate of drug-likeness (QED) is 0.868. The Morgan fingerprint density at radius 3 is 2.76 bits per heavy atom. The van der Waals surface area contributed by atoms with E-state index in [0.717, 1.165) is 37.7 Å². The topological polar surface area (TPSA) is 35.2 Å². The molecular formula is C18H26BrNO. The minimum atomic E-state index is 0.284. The molecule has 0 aromatic heterocycles. The maximum Gasteiger partial charge on any atom is 0.125 e. The van der Waals surface area contributed by atoms with Gasteiger partial charge in [-0.15, -0.1) is 0 Å². The third-order valence-electron chi connectivity index (χ3n) is 5.57. The minimum Gasteiger partial charge on any atom is -0.493 e. The first kappa shape index (κ1) is 15.4. The molecule has 0 bridgehead atoms. The monoisotopic (exact) mass is 351 g/mol. The molecule has 1 aromatic carbocycles. The van der Waals surface area contributed by atoms with Crippen LogP contribution in [0.1, 0.15) is 50.2 Å². The van der Waals surface area contributed by atoms with Gasteiger partial charge < -0.3 is 10.5 Å². The van der Waals surface area contributed by atoms with Gasteiger partial charge in [0.2, 0.25) is 0 Å². The Morgan fingerprint density at radius 1 is 1.33 bits per heavy atom. The van der Waals surface area contributed by atoms with Crippen molar-refractivity contribution in [3.8, 4) is 5.75 Å². The van der Waals surface area contributed by atoms with Gasteiger partial charge in [0, 0.05) is 10.9 Å². The van der Waals surface area contributed by atoms with E-state index in [-0.39, 0.29) is 5.41 Å². The maximum atomic E-state index is 6.20. The van der Waals surface area contributed by atoms with Gasteiger partial charge in [-0.1, -0.05) is 29.3 Å². The average Bonchev–Trinajstić information content (AvgIpc) is 2.96. The largest absolute Gasteiger partial charge is 0.493 e. The van der Waals surface area contributed by atoms with Crippen LogP contribution in [0.3, 0.4) is 0 Å². The summed E-state index contributed by atoms with van der Waals surface area (Å²) in [5.41, 5.74) is 9.20. The molecule has 0 unspecified atom stereocenters. The second-order valence-corrected chi connectivity index (χ2v) is 7.80. The molecule has 0 radical (unpaired) electrons. The highest BCUT2D eigenvalue weighted by atomic mass is 79.9. The number of ether oxygens (including phenoxy) is 1. The van der Waals surface area contributed by atoms with Crippen LogP contribution in [-0.2, 0) is 12.8 Å². The van der Waals surface area contributed by atoms with Gasteiger partial charge in [-0.25, -0.2) is 0 Å². The summed E-state index contributed by atoms with van der Waals surface area (Å²) in [5, 5.41) is 0. The number of hydrogen-bond donors (Lipinski definition) is 1. The minimum absolute atomic E-state index is 0.284. The van der Waals surface area contributed by atoms with E-state index in [1.807, 2.05) is 0 Å². The van der Waals surface area contributed by atoms with Crippen LogP contribution in [0.2, 0.25) is 0 Å². The normalized spacial score (nSPS) is 28.2. The molecule has 0 amide bonds. The molecule has 3 heteroatoms. The summed E-state index contributed by atoms with van der Waals surface area (Å²) < 4.78 is 7.07. The maximum absolute atomic E-state index is 6.20. The first-order chi connectivity index (χ1) is 10.2. The second-order valence-electron chi connectivity index (χ2n) is 6.88. The summed E-state index contributed by atoms with van der Waals surface area (Å²) in [7, 11) is 0. The molecule has 2 N–H and O–H groups in total. The van der Waals surface area contributed by atoms with E-state index < -0.39 is 0 Å². The molecule has 1 aromatic rings. The van der Waals surface area contributed by atoms with Crippen LogP contribution in [0.4, 0.5) is 0 Å². The van der Waals surface area contributed by atoms with Crippen molar-refractivity contribution in [2.24, 2.45) is 17.1 Å². The van der Waals surface area contributed by atoms with Crippen LogP contribution in [0.15, 0.2) is 16.6 Å². The van der Waals surface area contributed by atoms with Gasteiger partial charge in [-0.3, -0.25) is 0 Å². The molecule has 2 aliphatic rings. The van der Waals surface area contributed by atoms with E-state index in [4.69, 9.17) is 10.5 Å². The Bertz CT molecular complexity index is 506. The third-order valence-corrected chi connectivity index (χ3v) is 6.02. The molecule has 2 nitrogen and oxygen atoms in total. The van der Waals surface area contributed by atoms with Gasteiger partial charge in [-0.2, -0.15) is 0 Å². The molecule has 3 rings (SSSR count). The molecule has 0 spiro atoms. The zero-order chi connectivity index (χ0) is 14.9. The van der Waals surface area contributed by atoms with Crippen LogP contribution < -0.4 is 10.5 Å². The lowest BCUT2D eigenvalue weighted by Crippen LogP contribution is -2.36. The lowest BCUT2D eigenvalue weighted by molar-refractivity contribution is 0.152. The third kappa shape index (κ3) is 3.14. The second kappa shape index (κ2) is 6.29. The fourth-order valence-corrected chi connectivity index (χ4v) is 4.59. The molecule has 116 valence electrons. The Hall–Kier alpha value is -0.540. The molecule has 21 heavy (non-hydrogen) atoms. The molecule has 1 fully saturated rings. The van der Waals surface area contributed by atoms with Crippen molar-refractivity contribution in [2.75, 3.05) is 13.2 Å². The summed E-state index contributed by atoms with van der Waals surface area (Å²) in [6.45, 7) is 3.94. The molecule has 0 atom stereocenters. The smallest absolute Gasteiger partial charge is 0.125 e. The number of nitrogens with two attached hydrogens (primary N) is 1. The highest BCUT2D eigenvalue weighted by Gasteiger charge is 2.35. The van der Waals surface area contributed by atoms with Gasteiger partial charge in [-0.05, 0) is 73.2 Å². The van der Waals surface area contributed by atoms with Crippen LogP contribution in [0, 0.1) is 11.3 Å². The average molecular weight is 352 g/mol. The fraction of sp³-hybridized carbons (Fsp3) is 0.667. The lowest BCUT2D eigenvalue weighted by atomic mass is 9.67. The number of fused-ring (bicyclic) bond motifs is 1. The molecule has 0 saturated heterocycles. The van der Waals surface area contributed by atoms with E-state index >= 15 is 0 Å². The Balaban J connectivity index is 1.82. The Labute approximate surface area is 136 Å². The van der Waals surface area contributed by atoms with E-state index in [1.165, 1.54) is 47.7 Å². The van der Waals surface area contributed by atoms with Gasteiger partial charge in [0.15, 0.2) is 0 Å². The van der Waals surface area contributed by atoms with E-state index in [0.29, 0.717) is 0 Å². The van der Waals surface area contributed by atoms with E-state index in [1.54, 1.807) is 0 Å². The predicted molar refractivity (Wildman–Crippen MR) is 90.8 cm³/mol. The van der Waals surface area contributed by atoms with Crippen molar-refractivity contribution in [1.82, 2.24) is 0 Å². The summed E-state index contributed by atoms with van der Waals surface area (Å²) in [6, 6.07) is 4.45. The SMILES string of the molecule is CCC1CCC(CN)(Cc2cc(Br)cc3c2OCC3)CC1. The van der Waals surface area contributed by atoms with Gasteiger partial charge in [0.25, 0.3) is 0 Å². The number of hydrogen-bond acceptors (Lipinski definition) is 2. The Kier molecular flexibility index (Phi) is 4.60.